The first-order valence-corrected chi connectivity index (χ1v) is 9.69. The molecule has 0 unspecified atom stereocenters. The first kappa shape index (κ1) is 17.1. The summed E-state index contributed by atoms with van der Waals surface area (Å²) in [6, 6.07) is 11.6. The number of imidazole rings is 1. The predicted octanol–water partition coefficient (Wildman–Crippen LogP) is 6.18. The second-order valence-corrected chi connectivity index (χ2v) is 7.41. The largest absolute Gasteiger partial charge is 0.339 e. The molecule has 2 aromatic heterocycles. The number of hydrogen-bond donors (Lipinski definition) is 2. The Balaban J connectivity index is 1.65. The molecular formula is C22H20F2N4. The Bertz CT molecular complexity index is 1160. The Morgan fingerprint density at radius 1 is 0.929 bits per heavy atom. The maximum Gasteiger partial charge on any atom is 0.160 e. The van der Waals surface area contributed by atoms with Crippen LogP contribution in [-0.2, 0) is 0 Å². The number of halogens is 2. The van der Waals surface area contributed by atoms with E-state index < -0.39 is 11.6 Å². The molecule has 0 amide bonds. The summed E-state index contributed by atoms with van der Waals surface area (Å²) in [5, 5.41) is 4.11. The molecule has 5 rings (SSSR count). The van der Waals surface area contributed by atoms with Gasteiger partial charge in [0.1, 0.15) is 16.9 Å². The van der Waals surface area contributed by atoms with Crippen LogP contribution in [0.2, 0.25) is 0 Å². The monoisotopic (exact) mass is 378 g/mol. The van der Waals surface area contributed by atoms with Crippen LogP contribution in [0.5, 0.6) is 0 Å². The van der Waals surface area contributed by atoms with Crippen molar-refractivity contribution < 1.29 is 8.78 Å². The molecule has 0 spiro atoms. The Labute approximate surface area is 161 Å². The minimum absolute atomic E-state index is 0.427. The Morgan fingerprint density at radius 3 is 2.57 bits per heavy atom. The van der Waals surface area contributed by atoms with E-state index in [1.807, 2.05) is 24.3 Å². The van der Waals surface area contributed by atoms with Gasteiger partial charge in [-0.1, -0.05) is 37.5 Å². The lowest BCUT2D eigenvalue weighted by atomic mass is 9.89. The van der Waals surface area contributed by atoms with Crippen LogP contribution in [0, 0.1) is 11.6 Å². The van der Waals surface area contributed by atoms with E-state index in [1.165, 1.54) is 25.3 Å². The molecule has 1 fully saturated rings. The molecule has 1 saturated carbocycles. The van der Waals surface area contributed by atoms with Gasteiger partial charge in [0, 0.05) is 23.1 Å². The Hall–Kier alpha value is -3.02. The van der Waals surface area contributed by atoms with Gasteiger partial charge in [-0.05, 0) is 31.0 Å². The van der Waals surface area contributed by atoms with Gasteiger partial charge in [-0.15, -0.1) is 0 Å². The number of nitrogens with zero attached hydrogens (tertiary/aromatic N) is 2. The van der Waals surface area contributed by atoms with Crippen LogP contribution in [0.25, 0.3) is 21.9 Å². The van der Waals surface area contributed by atoms with Gasteiger partial charge in [-0.2, -0.15) is 0 Å². The van der Waals surface area contributed by atoms with Crippen molar-refractivity contribution in [1.29, 1.82) is 0 Å². The third-order valence-electron chi connectivity index (χ3n) is 5.52. The lowest BCUT2D eigenvalue weighted by Crippen LogP contribution is -2.06. The predicted molar refractivity (Wildman–Crippen MR) is 107 cm³/mol. The Kier molecular flexibility index (Phi) is 4.19. The molecule has 142 valence electrons. The maximum absolute atomic E-state index is 13.6. The van der Waals surface area contributed by atoms with E-state index in [0.717, 1.165) is 52.7 Å². The zero-order valence-electron chi connectivity index (χ0n) is 15.3. The van der Waals surface area contributed by atoms with Gasteiger partial charge < -0.3 is 10.3 Å². The van der Waals surface area contributed by atoms with Gasteiger partial charge in [-0.3, -0.25) is 0 Å². The number of nitrogens with one attached hydrogen (secondary N) is 2. The molecule has 6 heteroatoms. The van der Waals surface area contributed by atoms with E-state index >= 15 is 0 Å². The minimum atomic E-state index is -0.894. The van der Waals surface area contributed by atoms with Crippen LogP contribution >= 0.6 is 0 Å². The zero-order chi connectivity index (χ0) is 19.1. The van der Waals surface area contributed by atoms with E-state index in [4.69, 9.17) is 9.97 Å². The molecule has 0 saturated heterocycles. The maximum atomic E-state index is 13.6. The van der Waals surface area contributed by atoms with Crippen molar-refractivity contribution in [1.82, 2.24) is 15.0 Å². The van der Waals surface area contributed by atoms with Crippen molar-refractivity contribution in [2.75, 3.05) is 5.32 Å². The molecule has 28 heavy (non-hydrogen) atoms. The third kappa shape index (κ3) is 2.99. The number of hydrogen-bond acceptors (Lipinski definition) is 3. The molecule has 0 radical (unpaired) electrons. The topological polar surface area (TPSA) is 53.6 Å². The molecule has 1 aliphatic rings. The van der Waals surface area contributed by atoms with Crippen LogP contribution in [0.4, 0.5) is 20.3 Å². The van der Waals surface area contributed by atoms with E-state index in [1.54, 1.807) is 0 Å². The lowest BCUT2D eigenvalue weighted by Gasteiger charge is -2.19. The summed E-state index contributed by atoms with van der Waals surface area (Å²) in [5.41, 5.74) is 2.90. The van der Waals surface area contributed by atoms with Crippen LogP contribution in [0.3, 0.4) is 0 Å². The summed E-state index contributed by atoms with van der Waals surface area (Å²) in [7, 11) is 0. The van der Waals surface area contributed by atoms with E-state index in [-0.39, 0.29) is 0 Å². The highest BCUT2D eigenvalue weighted by molar-refractivity contribution is 6.07. The average Bonchev–Trinajstić information content (AvgIpc) is 3.18. The van der Waals surface area contributed by atoms with Crippen molar-refractivity contribution in [3.05, 3.63) is 59.9 Å². The van der Waals surface area contributed by atoms with Crippen molar-refractivity contribution in [2.24, 2.45) is 0 Å². The van der Waals surface area contributed by atoms with E-state index in [9.17, 15) is 8.78 Å². The second kappa shape index (κ2) is 6.86. The van der Waals surface area contributed by atoms with E-state index in [2.05, 4.69) is 10.3 Å². The summed E-state index contributed by atoms with van der Waals surface area (Å²) in [5.74, 6) is 0.212. The molecule has 1 aliphatic carbocycles. The lowest BCUT2D eigenvalue weighted by molar-refractivity contribution is 0.431. The van der Waals surface area contributed by atoms with Gasteiger partial charge in [0.05, 0.1) is 5.52 Å². The fraction of sp³-hybridized carbons (Fsp3) is 0.273. The van der Waals surface area contributed by atoms with Gasteiger partial charge in [0.25, 0.3) is 0 Å². The number of rotatable bonds is 3. The summed E-state index contributed by atoms with van der Waals surface area (Å²) < 4.78 is 26.9. The first-order valence-electron chi connectivity index (χ1n) is 9.69. The fourth-order valence-electron chi connectivity index (χ4n) is 4.08. The number of para-hydroxylation sites is 1. The molecule has 4 aromatic rings. The number of aromatic amines is 1. The molecule has 0 bridgehead atoms. The highest BCUT2D eigenvalue weighted by atomic mass is 19.2. The molecule has 2 N–H and O–H groups in total. The highest BCUT2D eigenvalue weighted by Gasteiger charge is 2.21. The standard InChI is InChI=1S/C22H20F2N4/c23-16-11-10-14(12-17(16)24)25-22-20-19(15-8-4-5-9-18(15)26-22)27-21(28-20)13-6-2-1-3-7-13/h4-5,8-13H,1-3,6-7H2,(H,25,26)(H,27,28). The zero-order valence-corrected chi connectivity index (χ0v) is 15.3. The van der Waals surface area contributed by atoms with Gasteiger partial charge in [0.15, 0.2) is 17.5 Å². The van der Waals surface area contributed by atoms with Crippen molar-refractivity contribution >= 4 is 33.4 Å². The third-order valence-corrected chi connectivity index (χ3v) is 5.52. The van der Waals surface area contributed by atoms with Crippen LogP contribution in [0.15, 0.2) is 42.5 Å². The number of fused-ring (bicyclic) bond motifs is 3. The molecule has 2 aromatic carbocycles. The number of aromatic nitrogens is 3. The smallest absolute Gasteiger partial charge is 0.160 e. The van der Waals surface area contributed by atoms with Crippen molar-refractivity contribution in [2.45, 2.75) is 38.0 Å². The Morgan fingerprint density at radius 2 is 1.75 bits per heavy atom. The molecule has 0 aliphatic heterocycles. The van der Waals surface area contributed by atoms with E-state index in [0.29, 0.717) is 17.4 Å². The van der Waals surface area contributed by atoms with Gasteiger partial charge in [-0.25, -0.2) is 18.7 Å². The molecule has 2 heterocycles. The number of pyridine rings is 1. The summed E-state index contributed by atoms with van der Waals surface area (Å²) >= 11 is 0. The van der Waals surface area contributed by atoms with Crippen LogP contribution in [0.1, 0.15) is 43.8 Å². The summed E-state index contributed by atoms with van der Waals surface area (Å²) in [6.07, 6.45) is 6.00. The normalized spacial score (nSPS) is 15.4. The SMILES string of the molecule is Fc1ccc(Nc2nc3ccccc3c3nc(C4CCCCC4)[nH]c23)cc1F. The van der Waals surface area contributed by atoms with Gasteiger partial charge >= 0.3 is 0 Å². The number of benzene rings is 2. The first-order chi connectivity index (χ1) is 13.7. The van der Waals surface area contributed by atoms with Crippen LogP contribution in [-0.4, -0.2) is 15.0 Å². The number of H-pyrrole nitrogens is 1. The molecular weight excluding hydrogens is 358 g/mol. The molecule has 0 atom stereocenters. The highest BCUT2D eigenvalue weighted by Crippen LogP contribution is 2.35. The second-order valence-electron chi connectivity index (χ2n) is 7.41. The quantitative estimate of drug-likeness (QED) is 0.447. The summed E-state index contributed by atoms with van der Waals surface area (Å²) in [6.45, 7) is 0. The molecule has 4 nitrogen and oxygen atoms in total. The minimum Gasteiger partial charge on any atom is -0.339 e. The van der Waals surface area contributed by atoms with Gasteiger partial charge in [0.2, 0.25) is 0 Å². The van der Waals surface area contributed by atoms with Crippen LogP contribution < -0.4 is 5.32 Å². The van der Waals surface area contributed by atoms with Crippen molar-refractivity contribution in [3.8, 4) is 0 Å². The summed E-state index contributed by atoms with van der Waals surface area (Å²) in [4.78, 5) is 13.1. The fourth-order valence-corrected chi connectivity index (χ4v) is 4.08. The average molecular weight is 378 g/mol. The van der Waals surface area contributed by atoms with Crippen molar-refractivity contribution in [3.63, 3.8) is 0 Å². The number of anilines is 2.